The molecular weight excluding hydrogens is 455 g/mol. The summed E-state index contributed by atoms with van der Waals surface area (Å²) in [6, 6.07) is 2.75. The lowest BCUT2D eigenvalue weighted by Crippen LogP contribution is -2.40. The Kier molecular flexibility index (Phi) is 12.1. The highest BCUT2D eigenvalue weighted by Crippen LogP contribution is 2.24. The molecule has 1 unspecified atom stereocenters. The number of carbonyl (C=O) groups is 2. The summed E-state index contributed by atoms with van der Waals surface area (Å²) in [7, 11) is 0.358. The number of anilines is 1. The minimum atomic E-state index is -1.35. The molecule has 0 aromatic heterocycles. The summed E-state index contributed by atoms with van der Waals surface area (Å²) in [6.07, 6.45) is 2.50. The molecular formula is C18H24ClFN4O4S2. The number of nitrogens with zero attached hydrogens (tertiary/aromatic N) is 1. The number of hydrazine groups is 1. The second-order valence-corrected chi connectivity index (χ2v) is 8.26. The Hall–Kier alpha value is -2.11. The summed E-state index contributed by atoms with van der Waals surface area (Å²) in [5, 5.41) is 0.852. The lowest BCUT2D eigenvalue weighted by atomic mass is 10.2. The van der Waals surface area contributed by atoms with Gasteiger partial charge in [0, 0.05) is 30.3 Å². The van der Waals surface area contributed by atoms with E-state index in [1.165, 1.54) is 30.0 Å². The first-order valence-corrected chi connectivity index (χ1v) is 11.6. The maximum Gasteiger partial charge on any atom is 0.332 e. The molecule has 166 valence electrons. The number of aldehydes is 1. The van der Waals surface area contributed by atoms with Gasteiger partial charge in [-0.1, -0.05) is 30.3 Å². The van der Waals surface area contributed by atoms with Crippen LogP contribution in [-0.2, 0) is 20.5 Å². The van der Waals surface area contributed by atoms with Gasteiger partial charge in [-0.05, 0) is 25.5 Å². The molecule has 0 saturated carbocycles. The van der Waals surface area contributed by atoms with Crippen LogP contribution in [0.3, 0.4) is 0 Å². The number of hydrogen-bond donors (Lipinski definition) is 3. The van der Waals surface area contributed by atoms with Crippen LogP contribution in [0.1, 0.15) is 30.6 Å². The number of thioether (sulfide) groups is 1. The third-order valence-corrected chi connectivity index (χ3v) is 5.90. The molecule has 0 spiro atoms. The van der Waals surface area contributed by atoms with E-state index in [9.17, 15) is 18.2 Å². The van der Waals surface area contributed by atoms with E-state index in [4.69, 9.17) is 16.3 Å². The summed E-state index contributed by atoms with van der Waals surface area (Å²) < 4.78 is 32.3. The van der Waals surface area contributed by atoms with E-state index in [0.717, 1.165) is 17.3 Å². The van der Waals surface area contributed by atoms with Crippen molar-refractivity contribution in [2.45, 2.75) is 20.3 Å². The molecule has 1 aliphatic rings. The van der Waals surface area contributed by atoms with Crippen molar-refractivity contribution in [1.29, 1.82) is 0 Å². The normalized spacial score (nSPS) is 16.6. The van der Waals surface area contributed by atoms with Crippen LogP contribution in [0.4, 0.5) is 10.1 Å². The predicted octanol–water partition coefficient (Wildman–Crippen LogP) is 3.04. The SMILES string of the molecule is CCCS(=O)Nc1ccc(Cl)c(C=O)c1F.CCOC(=O)/C=C1\CSC(=NC)NN1. The van der Waals surface area contributed by atoms with Crippen molar-refractivity contribution in [3.63, 3.8) is 0 Å². The summed E-state index contributed by atoms with van der Waals surface area (Å²) in [6.45, 7) is 4.04. The zero-order valence-electron chi connectivity index (χ0n) is 16.8. The number of benzene rings is 1. The zero-order valence-corrected chi connectivity index (χ0v) is 19.2. The summed E-state index contributed by atoms with van der Waals surface area (Å²) in [5.74, 6) is 0.0120. The van der Waals surface area contributed by atoms with E-state index in [2.05, 4.69) is 20.6 Å². The van der Waals surface area contributed by atoms with Crippen molar-refractivity contribution >= 4 is 57.5 Å². The van der Waals surface area contributed by atoms with E-state index in [1.54, 1.807) is 14.0 Å². The molecule has 8 nitrogen and oxygen atoms in total. The number of aliphatic imine (C=N–C) groups is 1. The number of esters is 1. The number of nitrogens with one attached hydrogen (secondary N) is 3. The Morgan fingerprint density at radius 3 is 2.70 bits per heavy atom. The lowest BCUT2D eigenvalue weighted by molar-refractivity contribution is -0.137. The van der Waals surface area contributed by atoms with Gasteiger partial charge in [-0.25, -0.2) is 13.4 Å². The molecule has 2 rings (SSSR count). The fraction of sp³-hybridized carbons (Fsp3) is 0.389. The van der Waals surface area contributed by atoms with Crippen LogP contribution in [0.2, 0.25) is 5.02 Å². The lowest BCUT2D eigenvalue weighted by Gasteiger charge is -2.19. The predicted molar refractivity (Wildman–Crippen MR) is 121 cm³/mol. The van der Waals surface area contributed by atoms with Crippen molar-refractivity contribution in [1.82, 2.24) is 10.9 Å². The van der Waals surface area contributed by atoms with Gasteiger partial charge in [0.1, 0.15) is 11.0 Å². The fourth-order valence-corrected chi connectivity index (χ4v) is 3.76. The minimum Gasteiger partial charge on any atom is -0.463 e. The van der Waals surface area contributed by atoms with Crippen LogP contribution in [0.15, 0.2) is 28.9 Å². The Morgan fingerprint density at radius 2 is 2.17 bits per heavy atom. The monoisotopic (exact) mass is 478 g/mol. The van der Waals surface area contributed by atoms with E-state index in [-0.39, 0.29) is 22.2 Å². The average Bonchev–Trinajstić information content (AvgIpc) is 2.72. The van der Waals surface area contributed by atoms with E-state index in [1.807, 2.05) is 6.92 Å². The third kappa shape index (κ3) is 8.72. The van der Waals surface area contributed by atoms with Gasteiger partial charge >= 0.3 is 5.97 Å². The van der Waals surface area contributed by atoms with E-state index in [0.29, 0.717) is 24.4 Å². The molecule has 1 atom stereocenters. The van der Waals surface area contributed by atoms with Gasteiger partial charge in [-0.3, -0.25) is 15.2 Å². The molecule has 0 amide bonds. The zero-order chi connectivity index (χ0) is 22.5. The molecule has 0 bridgehead atoms. The number of ether oxygens (including phenoxy) is 1. The quantitative estimate of drug-likeness (QED) is 0.314. The van der Waals surface area contributed by atoms with Crippen molar-refractivity contribution in [3.8, 4) is 0 Å². The van der Waals surface area contributed by atoms with Crippen LogP contribution >= 0.6 is 23.4 Å². The van der Waals surface area contributed by atoms with Crippen LogP contribution in [0.5, 0.6) is 0 Å². The summed E-state index contributed by atoms with van der Waals surface area (Å²) in [4.78, 5) is 25.6. The Morgan fingerprint density at radius 1 is 1.43 bits per heavy atom. The molecule has 1 saturated heterocycles. The second kappa shape index (κ2) is 14.0. The second-order valence-electron chi connectivity index (χ2n) is 5.58. The first-order chi connectivity index (χ1) is 14.4. The number of carbonyl (C=O) groups excluding carboxylic acids is 2. The van der Waals surface area contributed by atoms with Crippen LogP contribution < -0.4 is 15.6 Å². The minimum absolute atomic E-state index is 0.0262. The van der Waals surface area contributed by atoms with E-state index < -0.39 is 16.8 Å². The Bertz CT molecular complexity index is 825. The maximum absolute atomic E-state index is 13.6. The molecule has 1 aromatic carbocycles. The highest BCUT2D eigenvalue weighted by atomic mass is 35.5. The fourth-order valence-electron chi connectivity index (χ4n) is 1.99. The first kappa shape index (κ1) is 25.9. The molecule has 1 aromatic rings. The highest BCUT2D eigenvalue weighted by molar-refractivity contribution is 8.14. The molecule has 12 heteroatoms. The first-order valence-electron chi connectivity index (χ1n) is 8.93. The molecule has 1 aliphatic heterocycles. The van der Waals surface area contributed by atoms with Crippen molar-refractivity contribution in [2.24, 2.45) is 4.99 Å². The van der Waals surface area contributed by atoms with Crippen LogP contribution in [0, 0.1) is 5.82 Å². The number of halogens is 2. The molecule has 3 N–H and O–H groups in total. The molecule has 0 aliphatic carbocycles. The molecule has 1 fully saturated rings. The third-order valence-electron chi connectivity index (χ3n) is 3.33. The van der Waals surface area contributed by atoms with Gasteiger partial charge in [0.2, 0.25) is 0 Å². The molecule has 1 heterocycles. The van der Waals surface area contributed by atoms with Gasteiger partial charge in [-0.2, -0.15) is 0 Å². The Labute approximate surface area is 186 Å². The number of rotatable bonds is 7. The van der Waals surface area contributed by atoms with E-state index >= 15 is 0 Å². The van der Waals surface area contributed by atoms with Crippen molar-refractivity contribution in [2.75, 3.05) is 29.9 Å². The molecule has 0 radical (unpaired) electrons. The Balaban J connectivity index is 0.000000303. The number of amidine groups is 1. The summed E-state index contributed by atoms with van der Waals surface area (Å²) in [5.41, 5.74) is 6.32. The smallest absolute Gasteiger partial charge is 0.332 e. The van der Waals surface area contributed by atoms with Gasteiger partial charge in [0.05, 0.1) is 22.9 Å². The number of hydrogen-bond acceptors (Lipinski definition) is 7. The van der Waals surface area contributed by atoms with Gasteiger partial charge in [0.25, 0.3) is 0 Å². The summed E-state index contributed by atoms with van der Waals surface area (Å²) >= 11 is 7.16. The largest absolute Gasteiger partial charge is 0.463 e. The highest BCUT2D eigenvalue weighted by Gasteiger charge is 2.13. The molecule has 30 heavy (non-hydrogen) atoms. The van der Waals surface area contributed by atoms with Crippen LogP contribution in [-0.4, -0.2) is 46.8 Å². The standard InChI is InChI=1S/C10H11ClFNO2S.C8H13N3O2S/c1-2-5-16(15)13-9-4-3-8(11)7(6-14)10(9)12;1-3-13-7(12)4-6-5-14-8(9-2)11-10-6/h3-4,6,13H,2,5H2,1H3;4,10H,3,5H2,1-2H3,(H,9,11)/b;6-4+. The van der Waals surface area contributed by atoms with Crippen LogP contribution in [0.25, 0.3) is 0 Å². The maximum atomic E-state index is 13.6. The topological polar surface area (TPSA) is 109 Å². The van der Waals surface area contributed by atoms with Crippen molar-refractivity contribution in [3.05, 3.63) is 40.3 Å². The van der Waals surface area contributed by atoms with Gasteiger partial charge < -0.3 is 14.9 Å². The van der Waals surface area contributed by atoms with Crippen molar-refractivity contribution < 1.29 is 22.9 Å². The van der Waals surface area contributed by atoms with Gasteiger partial charge in [-0.15, -0.1) is 0 Å². The average molecular weight is 479 g/mol. The van der Waals surface area contributed by atoms with Gasteiger partial charge in [0.15, 0.2) is 17.3 Å².